The number of nitrogens with one attached hydrogen (secondary N) is 2. The van der Waals surface area contributed by atoms with Crippen LogP contribution in [0.15, 0.2) is 30.3 Å². The van der Waals surface area contributed by atoms with Gasteiger partial charge in [0.15, 0.2) is 0 Å². The maximum Gasteiger partial charge on any atom is 0.416 e. The Bertz CT molecular complexity index is 763. The van der Waals surface area contributed by atoms with Crippen LogP contribution in [0.1, 0.15) is 30.5 Å². The van der Waals surface area contributed by atoms with Crippen LogP contribution in [0, 0.1) is 6.92 Å². The molecule has 1 aliphatic rings. The largest absolute Gasteiger partial charge is 0.416 e. The highest BCUT2D eigenvalue weighted by molar-refractivity contribution is 5.90. The number of rotatable bonds is 4. The molecule has 1 amide bonds. The zero-order valence-corrected chi connectivity index (χ0v) is 13.7. The number of carbonyl (C=O) groups is 1. The van der Waals surface area contributed by atoms with E-state index < -0.39 is 11.7 Å². The van der Waals surface area contributed by atoms with Gasteiger partial charge < -0.3 is 10.6 Å². The summed E-state index contributed by atoms with van der Waals surface area (Å²) < 4.78 is 40.1. The molecule has 1 aliphatic heterocycles. The van der Waals surface area contributed by atoms with Crippen LogP contribution in [-0.4, -0.2) is 28.3 Å². The monoisotopic (exact) mass is 352 g/mol. The maximum absolute atomic E-state index is 12.9. The number of hydrogen-bond acceptors (Lipinski definition) is 3. The molecule has 0 saturated carbocycles. The van der Waals surface area contributed by atoms with Crippen LogP contribution >= 0.6 is 0 Å². The summed E-state index contributed by atoms with van der Waals surface area (Å²) in [6, 6.07) is 6.65. The zero-order chi connectivity index (χ0) is 18.0. The topological polar surface area (TPSA) is 59.0 Å². The summed E-state index contributed by atoms with van der Waals surface area (Å²) in [5.41, 5.74) is 0.0921. The van der Waals surface area contributed by atoms with Gasteiger partial charge in [0, 0.05) is 18.5 Å². The number of aryl methyl sites for hydroxylation is 1. The summed E-state index contributed by atoms with van der Waals surface area (Å²) in [5.74, 6) is 0.173. The van der Waals surface area contributed by atoms with E-state index in [0.717, 1.165) is 31.5 Å². The van der Waals surface area contributed by atoms with Gasteiger partial charge in [-0.25, -0.2) is 4.68 Å². The van der Waals surface area contributed by atoms with Crippen molar-refractivity contribution in [2.75, 3.05) is 11.9 Å². The van der Waals surface area contributed by atoms with Gasteiger partial charge in [-0.3, -0.25) is 4.79 Å². The van der Waals surface area contributed by atoms with Gasteiger partial charge >= 0.3 is 6.18 Å². The van der Waals surface area contributed by atoms with Gasteiger partial charge in [-0.2, -0.15) is 18.3 Å². The standard InChI is InChI=1S/C17H19F3N4O/c1-11-8-15(22-16(25)10-13-5-3-7-21-13)24(23-11)14-6-2-4-12(9-14)17(18,19)20/h2,4,6,8-9,13,21H,3,5,7,10H2,1H3,(H,22,25). The van der Waals surface area contributed by atoms with Crippen molar-refractivity contribution in [2.45, 2.75) is 38.4 Å². The minimum Gasteiger partial charge on any atom is -0.313 e. The van der Waals surface area contributed by atoms with Crippen LogP contribution in [0.4, 0.5) is 19.0 Å². The van der Waals surface area contributed by atoms with E-state index >= 15 is 0 Å². The SMILES string of the molecule is Cc1cc(NC(=O)CC2CCCN2)n(-c2cccc(C(F)(F)F)c2)n1. The third kappa shape index (κ3) is 4.19. The number of amides is 1. The third-order valence-electron chi connectivity index (χ3n) is 4.11. The molecule has 0 spiro atoms. The molecule has 0 bridgehead atoms. The number of alkyl halides is 3. The van der Waals surface area contributed by atoms with Gasteiger partial charge in [-0.1, -0.05) is 6.07 Å². The number of nitrogens with zero attached hydrogens (tertiary/aromatic N) is 2. The zero-order valence-electron chi connectivity index (χ0n) is 13.7. The molecule has 134 valence electrons. The molecular formula is C17H19F3N4O. The molecule has 2 aromatic rings. The number of carbonyl (C=O) groups excluding carboxylic acids is 1. The Morgan fingerprint density at radius 3 is 2.88 bits per heavy atom. The fourth-order valence-electron chi connectivity index (χ4n) is 2.95. The molecule has 1 saturated heterocycles. The Morgan fingerprint density at radius 1 is 1.40 bits per heavy atom. The van der Waals surface area contributed by atoms with Crippen LogP contribution in [0.3, 0.4) is 0 Å². The predicted octanol–water partition coefficient (Wildman–Crippen LogP) is 3.28. The molecule has 3 rings (SSSR count). The molecule has 2 N–H and O–H groups in total. The summed E-state index contributed by atoms with van der Waals surface area (Å²) in [5, 5.41) is 10.2. The smallest absolute Gasteiger partial charge is 0.313 e. The average molecular weight is 352 g/mol. The Morgan fingerprint density at radius 2 is 2.20 bits per heavy atom. The van der Waals surface area contributed by atoms with E-state index in [-0.39, 0.29) is 17.6 Å². The molecule has 5 nitrogen and oxygen atoms in total. The summed E-state index contributed by atoms with van der Waals surface area (Å²) in [4.78, 5) is 12.2. The highest BCUT2D eigenvalue weighted by Crippen LogP contribution is 2.31. The molecule has 25 heavy (non-hydrogen) atoms. The molecule has 1 aromatic heterocycles. The molecular weight excluding hydrogens is 333 g/mol. The van der Waals surface area contributed by atoms with E-state index in [9.17, 15) is 18.0 Å². The van der Waals surface area contributed by atoms with Crippen LogP contribution in [0.25, 0.3) is 5.69 Å². The molecule has 0 aliphatic carbocycles. The molecule has 1 atom stereocenters. The van der Waals surface area contributed by atoms with Crippen molar-refractivity contribution in [3.05, 3.63) is 41.6 Å². The fraction of sp³-hybridized carbons (Fsp3) is 0.412. The highest BCUT2D eigenvalue weighted by Gasteiger charge is 2.30. The Labute approximate surface area is 143 Å². The van der Waals surface area contributed by atoms with E-state index in [4.69, 9.17) is 0 Å². The van der Waals surface area contributed by atoms with Gasteiger partial charge in [0.05, 0.1) is 16.9 Å². The lowest BCUT2D eigenvalue weighted by Gasteiger charge is -2.13. The first kappa shape index (κ1) is 17.5. The lowest BCUT2D eigenvalue weighted by molar-refractivity contribution is -0.137. The minimum absolute atomic E-state index is 0.144. The molecule has 8 heteroatoms. The van der Waals surface area contributed by atoms with Crippen molar-refractivity contribution < 1.29 is 18.0 Å². The molecule has 2 heterocycles. The van der Waals surface area contributed by atoms with E-state index in [1.807, 2.05) is 0 Å². The number of halogens is 3. The Kier molecular flexibility index (Phi) is 4.80. The first-order chi connectivity index (χ1) is 11.8. The van der Waals surface area contributed by atoms with E-state index in [1.54, 1.807) is 13.0 Å². The van der Waals surface area contributed by atoms with E-state index in [1.165, 1.54) is 16.8 Å². The van der Waals surface area contributed by atoms with Gasteiger partial charge in [0.1, 0.15) is 5.82 Å². The summed E-state index contributed by atoms with van der Waals surface area (Å²) in [6.07, 6.45) is -2.12. The average Bonchev–Trinajstić information content (AvgIpc) is 3.16. The molecule has 1 unspecified atom stereocenters. The van der Waals surface area contributed by atoms with Crippen molar-refractivity contribution in [2.24, 2.45) is 0 Å². The van der Waals surface area contributed by atoms with Crippen LogP contribution in [0.2, 0.25) is 0 Å². The van der Waals surface area contributed by atoms with E-state index in [2.05, 4.69) is 15.7 Å². The first-order valence-electron chi connectivity index (χ1n) is 8.10. The fourth-order valence-corrected chi connectivity index (χ4v) is 2.95. The van der Waals surface area contributed by atoms with Crippen molar-refractivity contribution in [1.82, 2.24) is 15.1 Å². The number of hydrogen-bond donors (Lipinski definition) is 2. The minimum atomic E-state index is -4.43. The molecule has 1 aromatic carbocycles. The second-order valence-corrected chi connectivity index (χ2v) is 6.18. The second-order valence-electron chi connectivity index (χ2n) is 6.18. The van der Waals surface area contributed by atoms with Crippen molar-refractivity contribution >= 4 is 11.7 Å². The van der Waals surface area contributed by atoms with Crippen molar-refractivity contribution in [3.8, 4) is 5.69 Å². The predicted molar refractivity (Wildman–Crippen MR) is 87.6 cm³/mol. The van der Waals surface area contributed by atoms with Gasteiger partial charge in [0.25, 0.3) is 0 Å². The normalized spacial score (nSPS) is 17.7. The van der Waals surface area contributed by atoms with Crippen molar-refractivity contribution in [3.63, 3.8) is 0 Å². The summed E-state index contributed by atoms with van der Waals surface area (Å²) in [6.45, 7) is 2.62. The summed E-state index contributed by atoms with van der Waals surface area (Å²) in [7, 11) is 0. The number of aromatic nitrogens is 2. The van der Waals surface area contributed by atoms with Crippen LogP contribution in [-0.2, 0) is 11.0 Å². The van der Waals surface area contributed by atoms with E-state index in [0.29, 0.717) is 17.9 Å². The summed E-state index contributed by atoms with van der Waals surface area (Å²) >= 11 is 0. The Hall–Kier alpha value is -2.35. The van der Waals surface area contributed by atoms with Gasteiger partial charge in [-0.15, -0.1) is 0 Å². The van der Waals surface area contributed by atoms with Gasteiger partial charge in [0.2, 0.25) is 5.91 Å². The lowest BCUT2D eigenvalue weighted by Crippen LogP contribution is -2.28. The lowest BCUT2D eigenvalue weighted by atomic mass is 10.1. The number of benzene rings is 1. The first-order valence-corrected chi connectivity index (χ1v) is 8.10. The third-order valence-corrected chi connectivity index (χ3v) is 4.11. The highest BCUT2D eigenvalue weighted by atomic mass is 19.4. The quantitative estimate of drug-likeness (QED) is 0.888. The van der Waals surface area contributed by atoms with Gasteiger partial charge in [-0.05, 0) is 44.5 Å². The van der Waals surface area contributed by atoms with Crippen molar-refractivity contribution in [1.29, 1.82) is 0 Å². The molecule has 0 radical (unpaired) electrons. The van der Waals surface area contributed by atoms with Crippen LogP contribution < -0.4 is 10.6 Å². The van der Waals surface area contributed by atoms with Crippen LogP contribution in [0.5, 0.6) is 0 Å². The Balaban J connectivity index is 1.82. The second kappa shape index (κ2) is 6.87. The number of anilines is 1. The maximum atomic E-state index is 12.9. The molecule has 1 fully saturated rings.